The van der Waals surface area contributed by atoms with Crippen LogP contribution in [0.15, 0.2) is 0 Å². The number of hydrogen-bond donors (Lipinski definition) is 5. The Morgan fingerprint density at radius 1 is 0.533 bits per heavy atom. The molecule has 45 heavy (non-hydrogen) atoms. The predicted octanol–water partition coefficient (Wildman–Crippen LogP) is 6.75. The SMILES string of the molecule is CC.CC1CCC(C(C)(CO)C(C)(C)OC2CC(C)CCC2C(C)(CO)C(C)(C)OC2CC(C)CCC2C(C)(O)CO)C(O)C1. The van der Waals surface area contributed by atoms with Gasteiger partial charge in [-0.1, -0.05) is 67.7 Å². The summed E-state index contributed by atoms with van der Waals surface area (Å²) in [5.74, 6) is 1.14. The molecule has 0 aromatic carbocycles. The molecule has 268 valence electrons. The van der Waals surface area contributed by atoms with Crippen LogP contribution in [0.1, 0.15) is 141 Å². The number of aliphatic hydroxyl groups excluding tert-OH is 4. The van der Waals surface area contributed by atoms with Crippen LogP contribution in [0, 0.1) is 46.3 Å². The lowest BCUT2D eigenvalue weighted by atomic mass is 9.58. The van der Waals surface area contributed by atoms with Crippen molar-refractivity contribution in [2.45, 2.75) is 176 Å². The van der Waals surface area contributed by atoms with Crippen molar-refractivity contribution in [3.63, 3.8) is 0 Å². The Kier molecular flexibility index (Phi) is 14.5. The summed E-state index contributed by atoms with van der Waals surface area (Å²) in [4.78, 5) is 0. The summed E-state index contributed by atoms with van der Waals surface area (Å²) in [5.41, 5.74) is -4.00. The standard InChI is InChI=1S/C36H68O7.C2H6/c1-23-11-14-26(29(40)17-23)34(8,20-37)32(4,5)42-30-18-24(2)12-15-27(30)35(9,21-38)33(6,7)43-31-19-25(3)13-16-28(31)36(10,41)22-39;1-2/h23-31,37-41H,11-22H2,1-10H3;1-2H3. The summed E-state index contributed by atoms with van der Waals surface area (Å²) in [6.07, 6.45) is 7.15. The first-order valence-electron chi connectivity index (χ1n) is 18.4. The van der Waals surface area contributed by atoms with E-state index in [0.29, 0.717) is 17.8 Å². The van der Waals surface area contributed by atoms with Gasteiger partial charge in [0.15, 0.2) is 0 Å². The van der Waals surface area contributed by atoms with Crippen LogP contribution in [-0.2, 0) is 9.47 Å². The molecule has 0 bridgehead atoms. The lowest BCUT2D eigenvalue weighted by molar-refractivity contribution is -0.256. The average Bonchev–Trinajstić information content (AvgIpc) is 2.96. The van der Waals surface area contributed by atoms with E-state index in [2.05, 4.69) is 62.3 Å². The highest BCUT2D eigenvalue weighted by Gasteiger charge is 2.57. The molecule has 12 atom stereocenters. The molecule has 0 aromatic rings. The van der Waals surface area contributed by atoms with Gasteiger partial charge in [0, 0.05) is 16.7 Å². The summed E-state index contributed by atoms with van der Waals surface area (Å²) in [7, 11) is 0. The van der Waals surface area contributed by atoms with Crippen LogP contribution in [0.4, 0.5) is 0 Å². The van der Waals surface area contributed by atoms with Gasteiger partial charge >= 0.3 is 0 Å². The van der Waals surface area contributed by atoms with Crippen LogP contribution >= 0.6 is 0 Å². The number of rotatable bonds is 12. The Bertz CT molecular complexity index is 889. The van der Waals surface area contributed by atoms with E-state index < -0.39 is 33.7 Å². The van der Waals surface area contributed by atoms with Gasteiger partial charge in [-0.2, -0.15) is 0 Å². The Balaban J connectivity index is 0.00000345. The van der Waals surface area contributed by atoms with Crippen molar-refractivity contribution in [2.75, 3.05) is 19.8 Å². The minimum atomic E-state index is -1.23. The fraction of sp³-hybridized carbons (Fsp3) is 1.00. The minimum Gasteiger partial charge on any atom is -0.396 e. The molecule has 0 saturated heterocycles. The van der Waals surface area contributed by atoms with E-state index >= 15 is 0 Å². The highest BCUT2D eigenvalue weighted by Crippen LogP contribution is 2.54. The van der Waals surface area contributed by atoms with Gasteiger partial charge in [0.1, 0.15) is 0 Å². The Morgan fingerprint density at radius 2 is 0.889 bits per heavy atom. The maximum absolute atomic E-state index is 11.2. The second-order valence-electron chi connectivity index (χ2n) is 17.1. The van der Waals surface area contributed by atoms with Crippen LogP contribution in [0.5, 0.6) is 0 Å². The van der Waals surface area contributed by atoms with E-state index in [1.54, 1.807) is 6.92 Å². The summed E-state index contributed by atoms with van der Waals surface area (Å²) >= 11 is 0. The topological polar surface area (TPSA) is 120 Å². The largest absolute Gasteiger partial charge is 0.396 e. The molecule has 7 nitrogen and oxygen atoms in total. The molecule has 3 aliphatic carbocycles. The third-order valence-corrected chi connectivity index (χ3v) is 13.2. The second-order valence-corrected chi connectivity index (χ2v) is 17.1. The third-order valence-electron chi connectivity index (χ3n) is 13.2. The average molecular weight is 643 g/mol. The van der Waals surface area contributed by atoms with Crippen LogP contribution in [-0.4, -0.2) is 80.5 Å². The van der Waals surface area contributed by atoms with Crippen molar-refractivity contribution in [1.82, 2.24) is 0 Å². The normalized spacial score (nSPS) is 37.4. The van der Waals surface area contributed by atoms with Gasteiger partial charge in [0.25, 0.3) is 0 Å². The lowest BCUT2D eigenvalue weighted by Crippen LogP contribution is -2.61. The van der Waals surface area contributed by atoms with Crippen LogP contribution in [0.25, 0.3) is 0 Å². The monoisotopic (exact) mass is 643 g/mol. The number of ether oxygens (including phenoxy) is 2. The van der Waals surface area contributed by atoms with Crippen molar-refractivity contribution in [1.29, 1.82) is 0 Å². The van der Waals surface area contributed by atoms with Gasteiger partial charge in [-0.05, 0) is 103 Å². The molecular formula is C38H74O7. The summed E-state index contributed by atoms with van der Waals surface area (Å²) in [6.45, 7) is 24.4. The third kappa shape index (κ3) is 8.66. The molecule has 0 spiro atoms. The van der Waals surface area contributed by atoms with E-state index in [1.807, 2.05) is 13.8 Å². The molecule has 0 amide bonds. The predicted molar refractivity (Wildman–Crippen MR) is 183 cm³/mol. The van der Waals surface area contributed by atoms with Gasteiger partial charge in [-0.25, -0.2) is 0 Å². The lowest BCUT2D eigenvalue weighted by Gasteiger charge is -2.57. The van der Waals surface area contributed by atoms with Crippen molar-refractivity contribution in [3.05, 3.63) is 0 Å². The zero-order chi connectivity index (χ0) is 34.6. The van der Waals surface area contributed by atoms with Crippen molar-refractivity contribution in [3.8, 4) is 0 Å². The summed E-state index contributed by atoms with van der Waals surface area (Å²) < 4.78 is 14.2. The van der Waals surface area contributed by atoms with Gasteiger partial charge < -0.3 is 35.0 Å². The smallest absolute Gasteiger partial charge is 0.0902 e. The fourth-order valence-electron chi connectivity index (χ4n) is 9.10. The molecule has 3 fully saturated rings. The van der Waals surface area contributed by atoms with Crippen LogP contribution in [0.3, 0.4) is 0 Å². The zero-order valence-electron chi connectivity index (χ0n) is 31.2. The van der Waals surface area contributed by atoms with Crippen LogP contribution in [0.2, 0.25) is 0 Å². The number of aliphatic hydroxyl groups is 5. The zero-order valence-corrected chi connectivity index (χ0v) is 31.2. The molecule has 0 heterocycles. The fourth-order valence-corrected chi connectivity index (χ4v) is 9.10. The molecule has 7 heteroatoms. The second kappa shape index (κ2) is 16.0. The van der Waals surface area contributed by atoms with E-state index in [4.69, 9.17) is 9.47 Å². The molecule has 3 aliphatic rings. The van der Waals surface area contributed by atoms with Gasteiger partial charge in [-0.15, -0.1) is 0 Å². The Hall–Kier alpha value is -0.280. The molecule has 5 N–H and O–H groups in total. The molecular weight excluding hydrogens is 568 g/mol. The van der Waals surface area contributed by atoms with Crippen molar-refractivity contribution >= 4 is 0 Å². The molecule has 12 unspecified atom stereocenters. The highest BCUT2D eigenvalue weighted by atomic mass is 16.5. The first kappa shape index (κ1) is 40.9. The Labute approximate surface area is 276 Å². The molecule has 3 rings (SSSR count). The van der Waals surface area contributed by atoms with E-state index in [-0.39, 0.29) is 49.8 Å². The maximum atomic E-state index is 11.2. The van der Waals surface area contributed by atoms with Crippen molar-refractivity contribution in [2.24, 2.45) is 46.3 Å². The first-order chi connectivity index (χ1) is 20.8. The van der Waals surface area contributed by atoms with E-state index in [9.17, 15) is 25.5 Å². The van der Waals surface area contributed by atoms with Gasteiger partial charge in [0.05, 0.1) is 54.9 Å². The molecule has 0 radical (unpaired) electrons. The molecule has 3 saturated carbocycles. The van der Waals surface area contributed by atoms with Crippen LogP contribution < -0.4 is 0 Å². The van der Waals surface area contributed by atoms with Crippen molar-refractivity contribution < 1.29 is 35.0 Å². The quantitative estimate of drug-likeness (QED) is 0.160. The summed E-state index contributed by atoms with van der Waals surface area (Å²) in [5, 5.41) is 54.3. The molecule has 0 aromatic heterocycles. The minimum absolute atomic E-state index is 0.0000328. The van der Waals surface area contributed by atoms with E-state index in [1.165, 1.54) is 0 Å². The maximum Gasteiger partial charge on any atom is 0.0902 e. The first-order valence-corrected chi connectivity index (χ1v) is 18.4. The summed E-state index contributed by atoms with van der Waals surface area (Å²) in [6, 6.07) is 0. The van der Waals surface area contributed by atoms with Gasteiger partial charge in [-0.3, -0.25) is 0 Å². The number of hydrogen-bond acceptors (Lipinski definition) is 7. The van der Waals surface area contributed by atoms with E-state index in [0.717, 1.165) is 57.8 Å². The molecule has 0 aliphatic heterocycles. The highest BCUT2D eigenvalue weighted by molar-refractivity contribution is 5.05. The Morgan fingerprint density at radius 3 is 1.29 bits per heavy atom. The van der Waals surface area contributed by atoms with Gasteiger partial charge in [0.2, 0.25) is 0 Å².